The summed E-state index contributed by atoms with van der Waals surface area (Å²) >= 11 is 0. The van der Waals surface area contributed by atoms with Crippen LogP contribution >= 0.6 is 0 Å². The average Bonchev–Trinajstić information content (AvgIpc) is 2.38. The lowest BCUT2D eigenvalue weighted by Gasteiger charge is -2.59. The number of rotatable bonds is 3. The molecule has 1 saturated heterocycles. The molecule has 11 aliphatic rings. The summed E-state index contributed by atoms with van der Waals surface area (Å²) in [4.78, 5) is 44.5. The molecular formula is C70H83NO12. The second-order valence-corrected chi connectivity index (χ2v) is 27.8. The number of allylic oxidation sites excluding steroid dienone is 1. The molecule has 0 amide bonds. The lowest BCUT2D eigenvalue weighted by Crippen LogP contribution is -2.65. The van der Waals surface area contributed by atoms with Crippen LogP contribution in [0.25, 0.3) is 6.08 Å². The van der Waals surface area contributed by atoms with Gasteiger partial charge < -0.3 is 50.2 Å². The third-order valence-corrected chi connectivity index (χ3v) is 22.9. The standard InChI is InChI=1S/C70H83NO12/c1-69(79)36-71-58-31-44(26-48(35-72)52(58)29-45-25-43-14-8-15-50-51(45)34-60(67(69)77)81-65(43)50)40-17-18-41-33-62(75)83-66-53(41)30-46(64(76)63(66)39-11-3-2-4-12-39)32-61-70(80)56-16-6-5-13-42(56)28-54-55(59(74)20-19-57(54)70)23-38-10-7-9-37(21-38)22-49(73)27-47(24-40)68(78)82-61/h7,9-10,21,26-27,29-31,39-43,49-51,54-57,60-61,65,67,71-73,76-77,79-80H,2-6,8,11-16,19-20,22-25,28,32-36H2,1H3/b45-29+,47-27-/t40-,41+,42-,43+,49+,50-,51+,54+,55-,56+,57+,60+,61+,65-,67-,69-,70-/m0/s1. The first-order valence-corrected chi connectivity index (χ1v) is 31.9. The van der Waals surface area contributed by atoms with Crippen molar-refractivity contribution in [1.82, 2.24) is 0 Å². The number of benzene rings is 3. The maximum Gasteiger partial charge on any atom is 0.334 e. The molecular weight excluding hydrogens is 1050 g/mol. The fourth-order valence-corrected chi connectivity index (χ4v) is 18.9. The zero-order valence-electron chi connectivity index (χ0n) is 48.0. The highest BCUT2D eigenvalue weighted by molar-refractivity contribution is 5.89. The third-order valence-electron chi connectivity index (χ3n) is 22.9. The number of ether oxygens (including phenoxy) is 3. The Labute approximate surface area is 487 Å². The van der Waals surface area contributed by atoms with Crippen LogP contribution in [0.4, 0.5) is 5.69 Å². The van der Waals surface area contributed by atoms with Crippen LogP contribution in [-0.4, -0.2) is 96.6 Å². The monoisotopic (exact) mass is 1130 g/mol. The minimum absolute atomic E-state index is 0.00666. The van der Waals surface area contributed by atoms with Gasteiger partial charge in [0.25, 0.3) is 0 Å². The van der Waals surface area contributed by atoms with Gasteiger partial charge in [-0.15, -0.1) is 0 Å². The Bertz CT molecular complexity index is 3210. The van der Waals surface area contributed by atoms with E-state index in [-0.39, 0.29) is 116 Å². The number of carbonyl (C=O) groups is 3. The van der Waals surface area contributed by atoms with Crippen molar-refractivity contribution in [3.63, 3.8) is 0 Å². The van der Waals surface area contributed by atoms with Crippen LogP contribution < -0.4 is 10.1 Å². The number of hydrogen-bond donors (Lipinski definition) is 7. The van der Waals surface area contributed by atoms with Crippen LogP contribution in [-0.2, 0) is 49.7 Å². The van der Waals surface area contributed by atoms with Crippen LogP contribution in [0, 0.1) is 59.2 Å². The second kappa shape index (κ2) is 21.9. The van der Waals surface area contributed by atoms with E-state index in [4.69, 9.17) is 14.2 Å². The number of anilines is 1. The summed E-state index contributed by atoms with van der Waals surface area (Å²) < 4.78 is 20.1. The molecule has 440 valence electrons. The minimum atomic E-state index is -1.62. The molecule has 6 aliphatic carbocycles. The van der Waals surface area contributed by atoms with E-state index in [1.807, 2.05) is 36.4 Å². The normalized spacial score (nSPS) is 39.8. The van der Waals surface area contributed by atoms with Gasteiger partial charge in [-0.2, -0.15) is 0 Å². The number of Topliss-reactive ketones (excluding diaryl/α,β-unsaturated/α-hetero) is 1. The average molecular weight is 1130 g/mol. The molecule has 17 atom stereocenters. The third kappa shape index (κ3) is 9.91. The second-order valence-electron chi connectivity index (χ2n) is 27.8. The van der Waals surface area contributed by atoms with Crippen molar-refractivity contribution in [1.29, 1.82) is 0 Å². The van der Waals surface area contributed by atoms with Crippen molar-refractivity contribution in [2.45, 2.75) is 214 Å². The van der Waals surface area contributed by atoms with Gasteiger partial charge in [-0.3, -0.25) is 9.59 Å². The molecule has 15 bridgehead atoms. The van der Waals surface area contributed by atoms with Crippen LogP contribution in [0.5, 0.6) is 11.5 Å². The summed E-state index contributed by atoms with van der Waals surface area (Å²) in [5, 5.41) is 78.9. The van der Waals surface area contributed by atoms with Crippen LogP contribution in [0.15, 0.2) is 59.7 Å². The number of fused-ring (bicyclic) bond motifs is 11. The van der Waals surface area contributed by atoms with E-state index >= 15 is 4.79 Å². The molecule has 5 aliphatic heterocycles. The number of esters is 2. The summed E-state index contributed by atoms with van der Waals surface area (Å²) in [6.07, 6.45) is 14.2. The van der Waals surface area contributed by atoms with Crippen LogP contribution in [0.3, 0.4) is 0 Å². The largest absolute Gasteiger partial charge is 0.507 e. The van der Waals surface area contributed by atoms with Gasteiger partial charge in [-0.05, 0) is 171 Å². The number of aliphatic hydroxyl groups is 5. The molecule has 7 N–H and O–H groups in total. The summed E-state index contributed by atoms with van der Waals surface area (Å²) in [5.41, 5.74) is 4.33. The minimum Gasteiger partial charge on any atom is -0.507 e. The Morgan fingerprint density at radius 1 is 0.759 bits per heavy atom. The number of nitrogens with one attached hydrogen (secondary N) is 1. The number of hydrogen-bond acceptors (Lipinski definition) is 13. The highest BCUT2D eigenvalue weighted by Crippen LogP contribution is 2.60. The van der Waals surface area contributed by atoms with E-state index in [1.54, 1.807) is 13.0 Å². The van der Waals surface area contributed by atoms with Gasteiger partial charge in [-0.1, -0.05) is 98.8 Å². The van der Waals surface area contributed by atoms with Gasteiger partial charge in [0.15, 0.2) is 0 Å². The number of ketones is 1. The van der Waals surface area contributed by atoms with Gasteiger partial charge in [0.05, 0.1) is 37.3 Å². The molecule has 0 radical (unpaired) electrons. The first-order chi connectivity index (χ1) is 40.1. The smallest absolute Gasteiger partial charge is 0.334 e. The SMILES string of the molecule is C[C@]1(O)CNc2cc([C@H]3C#C[C@@H]4CC(=O)Oc5c4cc(c(O)c5C4CCCCC4)C[C@H]4OC(=O)/C(=C\[C@H](O)Cc5cccc(c5)C[C@@H]5C(=O)CC[C@@H]6[C@@H]5C[C@@H]5CCCC[C@H]5[C@]64O)C3)cc(CO)c2/C=C2\C[C@H]3CCC[C@@H]4[C@H]3O[C@H](C[C@H]24)[C@@H]1O. The summed E-state index contributed by atoms with van der Waals surface area (Å²) in [7, 11) is 0. The van der Waals surface area contributed by atoms with Crippen molar-refractivity contribution in [2.75, 3.05) is 11.9 Å². The van der Waals surface area contributed by atoms with Crippen LogP contribution in [0.2, 0.25) is 0 Å². The predicted octanol–water partition coefficient (Wildman–Crippen LogP) is 9.72. The zero-order chi connectivity index (χ0) is 57.1. The molecule has 6 saturated carbocycles. The Morgan fingerprint density at radius 2 is 1.54 bits per heavy atom. The molecule has 0 spiro atoms. The number of aliphatic hydroxyl groups excluding tert-OH is 3. The number of aromatic hydroxyl groups is 1. The number of phenolic OH excluding ortho intramolecular Hbond substituents is 1. The van der Waals surface area contributed by atoms with Crippen molar-refractivity contribution in [3.8, 4) is 23.3 Å². The van der Waals surface area contributed by atoms with Gasteiger partial charge in [0.2, 0.25) is 0 Å². The molecule has 14 rings (SSSR count). The molecule has 3 aromatic rings. The van der Waals surface area contributed by atoms with E-state index in [0.29, 0.717) is 58.5 Å². The maximum absolute atomic E-state index is 16.0. The van der Waals surface area contributed by atoms with Crippen molar-refractivity contribution >= 4 is 29.5 Å². The van der Waals surface area contributed by atoms with E-state index in [0.717, 1.165) is 107 Å². The fourth-order valence-electron chi connectivity index (χ4n) is 18.9. The lowest BCUT2D eigenvalue weighted by atomic mass is 9.48. The molecule has 7 fully saturated rings. The zero-order valence-corrected chi connectivity index (χ0v) is 48.0. The Morgan fingerprint density at radius 3 is 2.37 bits per heavy atom. The number of carbonyl (C=O) groups excluding carboxylic acids is 3. The van der Waals surface area contributed by atoms with Gasteiger partial charge in [0.1, 0.15) is 40.7 Å². The number of β-amino-alcohol motifs (C(OH)–C–C–N with tert-alkyl or cyclic N) is 1. The number of phenols is 1. The highest BCUT2D eigenvalue weighted by atomic mass is 16.6. The molecule has 0 unspecified atom stereocenters. The highest BCUT2D eigenvalue weighted by Gasteiger charge is 2.63. The first kappa shape index (κ1) is 55.5. The van der Waals surface area contributed by atoms with E-state index in [9.17, 15) is 40.2 Å². The molecule has 0 aromatic heterocycles. The summed E-state index contributed by atoms with van der Waals surface area (Å²) in [6, 6.07) is 13.8. The summed E-state index contributed by atoms with van der Waals surface area (Å²) in [6.45, 7) is 1.24. The van der Waals surface area contributed by atoms with Crippen molar-refractivity contribution < 1.29 is 59.2 Å². The van der Waals surface area contributed by atoms with E-state index in [2.05, 4.69) is 29.3 Å². The topological polar surface area (TPSA) is 212 Å². The molecule has 13 heteroatoms. The Hall–Kier alpha value is -5.33. The van der Waals surface area contributed by atoms with E-state index in [1.165, 1.54) is 5.57 Å². The first-order valence-electron chi connectivity index (χ1n) is 31.9. The van der Waals surface area contributed by atoms with Crippen molar-refractivity contribution in [3.05, 3.63) is 104 Å². The van der Waals surface area contributed by atoms with E-state index < -0.39 is 65.3 Å². The van der Waals surface area contributed by atoms with Crippen LogP contribution in [0.1, 0.15) is 191 Å². The van der Waals surface area contributed by atoms with Crippen molar-refractivity contribution in [2.24, 2.45) is 47.3 Å². The quantitative estimate of drug-likeness (QED) is 0.0741. The Kier molecular flexibility index (Phi) is 14.6. The Balaban J connectivity index is 0.971. The van der Waals surface area contributed by atoms with Gasteiger partial charge >= 0.3 is 11.9 Å². The molecule has 83 heavy (non-hydrogen) atoms. The maximum atomic E-state index is 16.0. The van der Waals surface area contributed by atoms with Gasteiger partial charge in [-0.25, -0.2) is 4.79 Å². The molecule has 5 heterocycles. The lowest BCUT2D eigenvalue weighted by molar-refractivity contribution is -0.228. The molecule has 3 aromatic carbocycles. The predicted molar refractivity (Wildman–Crippen MR) is 311 cm³/mol. The summed E-state index contributed by atoms with van der Waals surface area (Å²) in [5.74, 6) is 4.34. The molecule has 13 nitrogen and oxygen atoms in total. The van der Waals surface area contributed by atoms with Gasteiger partial charge in [0, 0.05) is 65.6 Å². The fraction of sp³-hybridized carbons (Fsp3) is 0.614.